The van der Waals surface area contributed by atoms with Crippen molar-refractivity contribution in [3.63, 3.8) is 0 Å². The van der Waals surface area contributed by atoms with Crippen molar-refractivity contribution >= 4 is 11.7 Å². The van der Waals surface area contributed by atoms with E-state index in [4.69, 9.17) is 0 Å². The van der Waals surface area contributed by atoms with Gasteiger partial charge in [-0.15, -0.1) is 0 Å². The van der Waals surface area contributed by atoms with E-state index < -0.39 is 6.10 Å². The zero-order valence-corrected chi connectivity index (χ0v) is 10.2. The number of hydrogen-bond donors (Lipinski definition) is 1. The summed E-state index contributed by atoms with van der Waals surface area (Å²) in [6, 6.07) is 6.24. The molecule has 1 aromatic carbocycles. The SMILES string of the molecule is Cc1ccc(CC(O)c2cnsn2)cc1C. The molecule has 0 bridgehead atoms. The molecule has 0 aliphatic heterocycles. The Bertz CT molecular complexity index is 468. The van der Waals surface area contributed by atoms with E-state index in [1.807, 2.05) is 6.07 Å². The second-order valence-corrected chi connectivity index (χ2v) is 4.53. The molecule has 4 heteroatoms. The van der Waals surface area contributed by atoms with E-state index in [9.17, 15) is 5.11 Å². The minimum Gasteiger partial charge on any atom is -0.386 e. The number of aliphatic hydroxyl groups excluding tert-OH is 1. The van der Waals surface area contributed by atoms with Crippen LogP contribution in [0.15, 0.2) is 24.4 Å². The average molecular weight is 234 g/mol. The summed E-state index contributed by atoms with van der Waals surface area (Å²) in [6.07, 6.45) is 1.66. The number of hydrogen-bond acceptors (Lipinski definition) is 4. The lowest BCUT2D eigenvalue weighted by molar-refractivity contribution is 0.174. The molecular formula is C12H14N2OS. The molecule has 1 N–H and O–H groups in total. The van der Waals surface area contributed by atoms with Gasteiger partial charge in [-0.3, -0.25) is 0 Å². The molecule has 0 saturated carbocycles. The molecule has 0 saturated heterocycles. The van der Waals surface area contributed by atoms with Crippen LogP contribution in [0.25, 0.3) is 0 Å². The summed E-state index contributed by atoms with van der Waals surface area (Å²) in [6.45, 7) is 4.16. The third-order valence-corrected chi connectivity index (χ3v) is 3.21. The Hall–Kier alpha value is -1.26. The molecule has 3 nitrogen and oxygen atoms in total. The molecule has 0 aliphatic carbocycles. The van der Waals surface area contributed by atoms with Gasteiger partial charge in [0.15, 0.2) is 0 Å². The molecule has 84 valence electrons. The van der Waals surface area contributed by atoms with Crippen molar-refractivity contribution < 1.29 is 5.11 Å². The fourth-order valence-corrected chi connectivity index (χ4v) is 2.04. The van der Waals surface area contributed by atoms with Crippen molar-refractivity contribution in [2.75, 3.05) is 0 Å². The summed E-state index contributed by atoms with van der Waals surface area (Å²) in [4.78, 5) is 0. The van der Waals surface area contributed by atoms with Gasteiger partial charge in [0, 0.05) is 6.42 Å². The van der Waals surface area contributed by atoms with Gasteiger partial charge < -0.3 is 5.11 Å². The Kier molecular flexibility index (Phi) is 3.31. The van der Waals surface area contributed by atoms with Gasteiger partial charge in [0.25, 0.3) is 0 Å². The van der Waals surface area contributed by atoms with Gasteiger partial charge in [-0.25, -0.2) is 0 Å². The van der Waals surface area contributed by atoms with Gasteiger partial charge in [0.1, 0.15) is 11.8 Å². The maximum absolute atomic E-state index is 9.93. The van der Waals surface area contributed by atoms with E-state index in [2.05, 4.69) is 34.7 Å². The first-order chi connectivity index (χ1) is 7.66. The lowest BCUT2D eigenvalue weighted by Gasteiger charge is -2.09. The maximum atomic E-state index is 9.93. The van der Waals surface area contributed by atoms with E-state index >= 15 is 0 Å². The van der Waals surface area contributed by atoms with Gasteiger partial charge in [0.2, 0.25) is 0 Å². The van der Waals surface area contributed by atoms with Gasteiger partial charge in [-0.1, -0.05) is 18.2 Å². The molecular weight excluding hydrogens is 220 g/mol. The molecule has 2 rings (SSSR count). The van der Waals surface area contributed by atoms with Crippen LogP contribution in [0.3, 0.4) is 0 Å². The maximum Gasteiger partial charge on any atom is 0.103 e. The number of aryl methyl sites for hydroxylation is 2. The second kappa shape index (κ2) is 4.72. The highest BCUT2D eigenvalue weighted by molar-refractivity contribution is 6.99. The Labute approximate surface area is 99.1 Å². The van der Waals surface area contributed by atoms with Crippen LogP contribution in [0.1, 0.15) is 28.5 Å². The van der Waals surface area contributed by atoms with E-state index in [0.29, 0.717) is 12.1 Å². The van der Waals surface area contributed by atoms with E-state index in [0.717, 1.165) is 17.3 Å². The van der Waals surface area contributed by atoms with E-state index in [1.165, 1.54) is 11.1 Å². The summed E-state index contributed by atoms with van der Waals surface area (Å²) >= 11 is 1.12. The molecule has 1 aromatic heterocycles. The van der Waals surface area contributed by atoms with Crippen LogP contribution < -0.4 is 0 Å². The van der Waals surface area contributed by atoms with Gasteiger partial charge >= 0.3 is 0 Å². The summed E-state index contributed by atoms with van der Waals surface area (Å²) in [5, 5.41) is 9.93. The number of rotatable bonds is 3. The predicted octanol–water partition coefficient (Wildman–Crippen LogP) is 2.43. The fourth-order valence-electron chi connectivity index (χ4n) is 1.58. The summed E-state index contributed by atoms with van der Waals surface area (Å²) in [7, 11) is 0. The second-order valence-electron chi connectivity index (χ2n) is 3.97. The number of benzene rings is 1. The lowest BCUT2D eigenvalue weighted by atomic mass is 10.0. The summed E-state index contributed by atoms with van der Waals surface area (Å²) in [5.41, 5.74) is 4.31. The molecule has 0 radical (unpaired) electrons. The predicted molar refractivity (Wildman–Crippen MR) is 64.5 cm³/mol. The number of aliphatic hydroxyl groups is 1. The highest BCUT2D eigenvalue weighted by Gasteiger charge is 2.11. The third kappa shape index (κ3) is 2.46. The lowest BCUT2D eigenvalue weighted by Crippen LogP contribution is -2.02. The van der Waals surface area contributed by atoms with Crippen molar-refractivity contribution in [1.29, 1.82) is 0 Å². The van der Waals surface area contributed by atoms with Crippen molar-refractivity contribution in [3.8, 4) is 0 Å². The molecule has 1 heterocycles. The quantitative estimate of drug-likeness (QED) is 0.887. The minimum absolute atomic E-state index is 0.555. The largest absolute Gasteiger partial charge is 0.386 e. The molecule has 0 aliphatic rings. The third-order valence-electron chi connectivity index (χ3n) is 2.72. The van der Waals surface area contributed by atoms with Crippen LogP contribution in [-0.2, 0) is 6.42 Å². The van der Waals surface area contributed by atoms with Crippen LogP contribution in [0.4, 0.5) is 0 Å². The zero-order valence-electron chi connectivity index (χ0n) is 9.34. The van der Waals surface area contributed by atoms with Crippen molar-refractivity contribution in [3.05, 3.63) is 46.8 Å². The van der Waals surface area contributed by atoms with Gasteiger partial charge in [0.05, 0.1) is 17.9 Å². The number of aromatic nitrogens is 2. The fraction of sp³-hybridized carbons (Fsp3) is 0.333. The van der Waals surface area contributed by atoms with Crippen molar-refractivity contribution in [2.24, 2.45) is 0 Å². The van der Waals surface area contributed by atoms with Gasteiger partial charge in [-0.2, -0.15) is 8.75 Å². The molecule has 0 fully saturated rings. The van der Waals surface area contributed by atoms with E-state index in [-0.39, 0.29) is 0 Å². The minimum atomic E-state index is -0.555. The van der Waals surface area contributed by atoms with Gasteiger partial charge in [-0.05, 0) is 30.5 Å². The molecule has 16 heavy (non-hydrogen) atoms. The highest BCUT2D eigenvalue weighted by atomic mass is 32.1. The Morgan fingerprint density at radius 3 is 2.75 bits per heavy atom. The zero-order chi connectivity index (χ0) is 11.5. The Morgan fingerprint density at radius 1 is 1.31 bits per heavy atom. The van der Waals surface area contributed by atoms with Crippen molar-refractivity contribution in [2.45, 2.75) is 26.4 Å². The average Bonchev–Trinajstić information content (AvgIpc) is 2.77. The standard InChI is InChI=1S/C12H14N2OS/c1-8-3-4-10(5-9(8)2)6-12(15)11-7-13-16-14-11/h3-5,7,12,15H,6H2,1-2H3. The summed E-state index contributed by atoms with van der Waals surface area (Å²) in [5.74, 6) is 0. The normalized spacial score (nSPS) is 12.7. The van der Waals surface area contributed by atoms with Crippen molar-refractivity contribution in [1.82, 2.24) is 8.75 Å². The smallest absolute Gasteiger partial charge is 0.103 e. The van der Waals surface area contributed by atoms with Crippen LogP contribution >= 0.6 is 11.7 Å². The molecule has 1 unspecified atom stereocenters. The Morgan fingerprint density at radius 2 is 2.12 bits per heavy atom. The molecule has 0 spiro atoms. The first-order valence-corrected chi connectivity index (χ1v) is 5.91. The highest BCUT2D eigenvalue weighted by Crippen LogP contribution is 2.18. The van der Waals surface area contributed by atoms with Crippen LogP contribution in [-0.4, -0.2) is 13.9 Å². The molecule has 1 atom stereocenters. The van der Waals surface area contributed by atoms with Crippen LogP contribution in [0.5, 0.6) is 0 Å². The first-order valence-electron chi connectivity index (χ1n) is 5.18. The van der Waals surface area contributed by atoms with Crippen LogP contribution in [0.2, 0.25) is 0 Å². The first kappa shape index (κ1) is 11.2. The Balaban J connectivity index is 2.12. The molecule has 2 aromatic rings. The monoisotopic (exact) mass is 234 g/mol. The number of nitrogens with zero attached hydrogens (tertiary/aromatic N) is 2. The van der Waals surface area contributed by atoms with Crippen LogP contribution in [0, 0.1) is 13.8 Å². The topological polar surface area (TPSA) is 46.0 Å². The summed E-state index contributed by atoms with van der Waals surface area (Å²) < 4.78 is 7.92. The van der Waals surface area contributed by atoms with E-state index in [1.54, 1.807) is 6.20 Å². The molecule has 0 amide bonds.